The van der Waals surface area contributed by atoms with Crippen LogP contribution in [-0.2, 0) is 26.1 Å². The second-order valence-corrected chi connectivity index (χ2v) is 6.63. The van der Waals surface area contributed by atoms with E-state index in [9.17, 15) is 18.0 Å². The third-order valence-electron chi connectivity index (χ3n) is 3.72. The first kappa shape index (κ1) is 14.6. The van der Waals surface area contributed by atoms with Gasteiger partial charge in [-0.15, -0.1) is 0 Å². The van der Waals surface area contributed by atoms with Gasteiger partial charge in [0, 0.05) is 11.9 Å². The Kier molecular flexibility index (Phi) is 3.21. The molecular formula is C14H14N2O5S. The summed E-state index contributed by atoms with van der Waals surface area (Å²) in [6, 6.07) is 6.93. The Labute approximate surface area is 127 Å². The summed E-state index contributed by atoms with van der Waals surface area (Å²) in [6.07, 6.45) is 0. The highest BCUT2D eigenvalue weighted by Crippen LogP contribution is 2.38. The second-order valence-electron chi connectivity index (χ2n) is 4.83. The van der Waals surface area contributed by atoms with Crippen LogP contribution < -0.4 is 0 Å². The van der Waals surface area contributed by atoms with Gasteiger partial charge in [-0.1, -0.05) is 18.2 Å². The number of esters is 1. The van der Waals surface area contributed by atoms with Gasteiger partial charge in [-0.25, -0.2) is 12.7 Å². The SMILES string of the molecule is CCn1c2c(c3ccccc31)S(=O)(=O)N(CC(=O)OC)C2=O. The number of carbonyl (C=O) groups excluding carboxylic acids is 2. The van der Waals surface area contributed by atoms with Crippen molar-refractivity contribution < 1.29 is 22.7 Å². The van der Waals surface area contributed by atoms with E-state index in [2.05, 4.69) is 4.74 Å². The molecule has 8 heteroatoms. The van der Waals surface area contributed by atoms with Crippen LogP contribution in [0.2, 0.25) is 0 Å². The third kappa shape index (κ3) is 1.77. The number of hydrogen-bond acceptors (Lipinski definition) is 5. The predicted molar refractivity (Wildman–Crippen MR) is 77.9 cm³/mol. The van der Waals surface area contributed by atoms with E-state index in [1.807, 2.05) is 6.92 Å². The maximum absolute atomic E-state index is 12.7. The highest BCUT2D eigenvalue weighted by Gasteiger charge is 2.46. The van der Waals surface area contributed by atoms with Gasteiger partial charge >= 0.3 is 5.97 Å². The Hall–Kier alpha value is -2.35. The summed E-state index contributed by atoms with van der Waals surface area (Å²) >= 11 is 0. The van der Waals surface area contributed by atoms with Gasteiger partial charge < -0.3 is 9.30 Å². The first-order valence-corrected chi connectivity index (χ1v) is 8.12. The fraction of sp³-hybridized carbons (Fsp3) is 0.286. The molecule has 0 saturated heterocycles. The van der Waals surface area contributed by atoms with Crippen molar-refractivity contribution in [3.63, 3.8) is 0 Å². The molecule has 0 aliphatic carbocycles. The van der Waals surface area contributed by atoms with Gasteiger partial charge in [0.1, 0.15) is 17.1 Å². The van der Waals surface area contributed by atoms with Crippen molar-refractivity contribution in [2.75, 3.05) is 13.7 Å². The summed E-state index contributed by atoms with van der Waals surface area (Å²) in [4.78, 5) is 23.9. The van der Waals surface area contributed by atoms with Gasteiger partial charge in [-0.05, 0) is 13.0 Å². The van der Waals surface area contributed by atoms with E-state index in [1.165, 1.54) is 0 Å². The molecule has 1 aromatic carbocycles. The lowest BCUT2D eigenvalue weighted by atomic mass is 10.2. The molecule has 1 aliphatic heterocycles. The van der Waals surface area contributed by atoms with Gasteiger partial charge in [0.2, 0.25) is 0 Å². The zero-order chi connectivity index (χ0) is 16.1. The van der Waals surface area contributed by atoms with Crippen LogP contribution in [0.25, 0.3) is 10.9 Å². The highest BCUT2D eigenvalue weighted by molar-refractivity contribution is 7.90. The van der Waals surface area contributed by atoms with Crippen molar-refractivity contribution in [2.24, 2.45) is 0 Å². The summed E-state index contributed by atoms with van der Waals surface area (Å²) in [5.41, 5.74) is 0.789. The van der Waals surface area contributed by atoms with Crippen LogP contribution in [-0.4, -0.2) is 42.8 Å². The number of sulfonamides is 1. The Bertz CT molecular complexity index is 897. The number of benzene rings is 1. The number of nitrogens with zero attached hydrogens (tertiary/aromatic N) is 2. The normalized spacial score (nSPS) is 16.1. The summed E-state index contributed by atoms with van der Waals surface area (Å²) in [7, 11) is -2.91. The molecule has 0 unspecified atom stereocenters. The van der Waals surface area contributed by atoms with Crippen LogP contribution in [0.15, 0.2) is 29.2 Å². The molecular weight excluding hydrogens is 308 g/mol. The molecule has 0 saturated carbocycles. The van der Waals surface area contributed by atoms with Gasteiger partial charge in [-0.2, -0.15) is 0 Å². The lowest BCUT2D eigenvalue weighted by Crippen LogP contribution is -2.36. The van der Waals surface area contributed by atoms with E-state index in [1.54, 1.807) is 28.8 Å². The minimum atomic E-state index is -4.05. The van der Waals surface area contributed by atoms with Gasteiger partial charge in [0.15, 0.2) is 0 Å². The number of fused-ring (bicyclic) bond motifs is 3. The number of rotatable bonds is 3. The van der Waals surface area contributed by atoms with Crippen LogP contribution >= 0.6 is 0 Å². The van der Waals surface area contributed by atoms with E-state index in [0.717, 1.165) is 7.11 Å². The fourth-order valence-corrected chi connectivity index (χ4v) is 4.44. The quantitative estimate of drug-likeness (QED) is 0.786. The van der Waals surface area contributed by atoms with E-state index < -0.39 is 28.4 Å². The summed E-state index contributed by atoms with van der Waals surface area (Å²) < 4.78 is 32.0. The minimum Gasteiger partial charge on any atom is -0.468 e. The molecule has 0 N–H and O–H groups in total. The molecule has 0 bridgehead atoms. The van der Waals surface area contributed by atoms with E-state index in [4.69, 9.17) is 0 Å². The lowest BCUT2D eigenvalue weighted by molar-refractivity contribution is -0.140. The maximum Gasteiger partial charge on any atom is 0.326 e. The first-order valence-electron chi connectivity index (χ1n) is 6.68. The Morgan fingerprint density at radius 2 is 1.95 bits per heavy atom. The maximum atomic E-state index is 12.7. The highest BCUT2D eigenvalue weighted by atomic mass is 32.2. The number of carbonyl (C=O) groups is 2. The predicted octanol–water partition coefficient (Wildman–Crippen LogP) is 0.979. The van der Waals surface area contributed by atoms with Crippen LogP contribution in [0, 0.1) is 0 Å². The Morgan fingerprint density at radius 3 is 2.59 bits per heavy atom. The standard InChI is InChI=1S/C14H14N2O5S/c1-3-15-10-7-5-4-6-9(10)13-12(15)14(18)16(22(13,19)20)8-11(17)21-2/h4-7H,3,8H2,1-2H3. The molecule has 7 nitrogen and oxygen atoms in total. The van der Waals surface area contributed by atoms with Crippen molar-refractivity contribution in [2.45, 2.75) is 18.4 Å². The molecule has 116 valence electrons. The molecule has 0 radical (unpaired) electrons. The smallest absolute Gasteiger partial charge is 0.326 e. The molecule has 1 amide bonds. The van der Waals surface area contributed by atoms with Crippen LogP contribution in [0.1, 0.15) is 17.4 Å². The minimum absolute atomic E-state index is 0.0288. The molecule has 1 aliphatic rings. The fourth-order valence-electron chi connectivity index (χ4n) is 2.75. The molecule has 0 atom stereocenters. The monoisotopic (exact) mass is 322 g/mol. The van der Waals surface area contributed by atoms with E-state index in [0.29, 0.717) is 21.8 Å². The summed E-state index contributed by atoms with van der Waals surface area (Å²) in [6.45, 7) is 1.66. The number of ether oxygens (including phenoxy) is 1. The Balaban J connectivity index is 2.29. The van der Waals surface area contributed by atoms with Gasteiger partial charge in [0.25, 0.3) is 15.9 Å². The number of para-hydroxylation sites is 1. The number of aryl methyl sites for hydroxylation is 1. The Morgan fingerprint density at radius 1 is 1.27 bits per heavy atom. The molecule has 22 heavy (non-hydrogen) atoms. The zero-order valence-electron chi connectivity index (χ0n) is 12.1. The average Bonchev–Trinajstić information content (AvgIpc) is 2.94. The molecule has 3 rings (SSSR count). The van der Waals surface area contributed by atoms with Crippen molar-refractivity contribution in [1.82, 2.24) is 8.87 Å². The largest absolute Gasteiger partial charge is 0.468 e. The summed E-state index contributed by atoms with van der Waals surface area (Å²) in [5.74, 6) is -1.48. The molecule has 1 aromatic heterocycles. The van der Waals surface area contributed by atoms with Gasteiger partial charge in [-0.3, -0.25) is 9.59 Å². The number of amides is 1. The van der Waals surface area contributed by atoms with Crippen LogP contribution in [0.3, 0.4) is 0 Å². The molecule has 2 aromatic rings. The molecule has 2 heterocycles. The van der Waals surface area contributed by atoms with Crippen LogP contribution in [0.5, 0.6) is 0 Å². The van der Waals surface area contributed by atoms with Crippen molar-refractivity contribution in [3.8, 4) is 0 Å². The number of hydrogen-bond donors (Lipinski definition) is 0. The van der Waals surface area contributed by atoms with Crippen molar-refractivity contribution in [3.05, 3.63) is 30.0 Å². The third-order valence-corrected chi connectivity index (χ3v) is 5.52. The average molecular weight is 322 g/mol. The summed E-state index contributed by atoms with van der Waals surface area (Å²) in [5, 5.41) is 0.486. The second kappa shape index (κ2) is 4.84. The van der Waals surface area contributed by atoms with Gasteiger partial charge in [0.05, 0.1) is 12.6 Å². The lowest BCUT2D eigenvalue weighted by Gasteiger charge is -2.14. The van der Waals surface area contributed by atoms with Crippen molar-refractivity contribution >= 4 is 32.8 Å². The molecule has 0 fully saturated rings. The van der Waals surface area contributed by atoms with Crippen LogP contribution in [0.4, 0.5) is 0 Å². The first-order chi connectivity index (χ1) is 10.4. The number of methoxy groups -OCH3 is 1. The van der Waals surface area contributed by atoms with E-state index in [-0.39, 0.29) is 10.6 Å². The molecule has 0 spiro atoms. The number of aromatic nitrogens is 1. The van der Waals surface area contributed by atoms with E-state index >= 15 is 0 Å². The zero-order valence-corrected chi connectivity index (χ0v) is 12.9. The topological polar surface area (TPSA) is 85.7 Å². The van der Waals surface area contributed by atoms with Crippen molar-refractivity contribution in [1.29, 1.82) is 0 Å².